The highest BCUT2D eigenvalue weighted by molar-refractivity contribution is 6.16. The Bertz CT molecular complexity index is 9380. The SMILES string of the molecule is c1cc(-c2nc(-c3cccc(-n4c5ccccc5c5cc(-n6c7ccccc7c7ccccc76)ccc54)c3)nc(-n3c4ccccc4c4ccccc43)n2)cc(-n2c3ccccc3c3ccccc32)c1.c1ccc(-c2nc(-c3cccc(-n4c5ccccc5c5ccccc54)c3)nc(-c3cccc(-n4c5ccccc5c5cc(-n6c7ccccc7c7ccccc76)ccc54)c3)n2)cc1. The van der Waals surface area contributed by atoms with Crippen LogP contribution in [0.4, 0.5) is 0 Å². The third kappa shape index (κ3) is 12.0. The molecule has 133 heavy (non-hydrogen) atoms. The first-order valence-corrected chi connectivity index (χ1v) is 45.0. The van der Waals surface area contributed by atoms with Gasteiger partial charge in [-0.1, -0.05) is 297 Å². The molecule has 0 amide bonds. The first kappa shape index (κ1) is 75.0. The third-order valence-electron chi connectivity index (χ3n) is 26.7. The zero-order valence-electron chi connectivity index (χ0n) is 71.6. The van der Waals surface area contributed by atoms with Crippen molar-refractivity contribution in [1.82, 2.24) is 61.9 Å². The fraction of sp³-hybridized carbons (Fsp3) is 0. The molecular formula is C120H75N13. The van der Waals surface area contributed by atoms with E-state index in [2.05, 4.69) is 469 Å². The maximum Gasteiger partial charge on any atom is 0.238 e. The molecule has 0 aliphatic carbocycles. The van der Waals surface area contributed by atoms with Crippen LogP contribution >= 0.6 is 0 Å². The number of hydrogen-bond donors (Lipinski definition) is 0. The number of fused-ring (bicyclic) bond motifs is 21. The second kappa shape index (κ2) is 30.2. The van der Waals surface area contributed by atoms with Crippen LogP contribution in [-0.2, 0) is 0 Å². The molecule has 0 N–H and O–H groups in total. The minimum absolute atomic E-state index is 0.555. The van der Waals surface area contributed by atoms with E-state index >= 15 is 0 Å². The zero-order chi connectivity index (χ0) is 87.3. The van der Waals surface area contributed by atoms with E-state index in [-0.39, 0.29) is 0 Å². The molecule has 0 bridgehead atoms. The summed E-state index contributed by atoms with van der Waals surface area (Å²) in [7, 11) is 0. The first-order chi connectivity index (χ1) is 66.0. The number of para-hydroxylation sites is 12. The molecule has 28 rings (SSSR count). The maximum atomic E-state index is 5.39. The lowest BCUT2D eigenvalue weighted by Crippen LogP contribution is -2.07. The Balaban J connectivity index is 0.000000137. The molecule has 0 saturated heterocycles. The van der Waals surface area contributed by atoms with Crippen LogP contribution in [0, 0.1) is 0 Å². The zero-order valence-corrected chi connectivity index (χ0v) is 71.6. The molecule has 0 aliphatic rings. The van der Waals surface area contributed by atoms with Crippen LogP contribution < -0.4 is 0 Å². The smallest absolute Gasteiger partial charge is 0.238 e. The summed E-state index contributed by atoms with van der Waals surface area (Å²) in [6.45, 7) is 0. The van der Waals surface area contributed by atoms with E-state index in [1.165, 1.54) is 86.7 Å². The normalized spacial score (nSPS) is 11.9. The second-order valence-electron chi connectivity index (χ2n) is 34.1. The van der Waals surface area contributed by atoms with Gasteiger partial charge in [-0.05, 0) is 158 Å². The van der Waals surface area contributed by atoms with Gasteiger partial charge in [0.05, 0.1) is 77.2 Å². The van der Waals surface area contributed by atoms with Gasteiger partial charge in [-0.2, -0.15) is 9.97 Å². The monoisotopic (exact) mass is 1700 g/mol. The molecule has 28 aromatic rings. The van der Waals surface area contributed by atoms with Crippen LogP contribution in [0.2, 0.25) is 0 Å². The topological polar surface area (TPSA) is 112 Å². The molecule has 0 unspecified atom stereocenters. The van der Waals surface area contributed by atoms with Gasteiger partial charge < -0.3 is 27.4 Å². The minimum atomic E-state index is 0.555. The maximum absolute atomic E-state index is 5.39. The van der Waals surface area contributed by atoms with Gasteiger partial charge in [0.1, 0.15) is 0 Å². The first-order valence-electron chi connectivity index (χ1n) is 45.0. The molecule has 0 spiro atoms. The van der Waals surface area contributed by atoms with Gasteiger partial charge in [-0.3, -0.25) is 4.57 Å². The molecular weight excluding hydrogens is 1620 g/mol. The van der Waals surface area contributed by atoms with Crippen molar-refractivity contribution in [2.45, 2.75) is 0 Å². The summed E-state index contributed by atoms with van der Waals surface area (Å²) in [5, 5.41) is 16.9. The molecule has 13 heteroatoms. The van der Waals surface area contributed by atoms with Crippen LogP contribution in [-0.4, -0.2) is 61.9 Å². The Hall–Kier alpha value is -18.2. The summed E-state index contributed by atoms with van der Waals surface area (Å²) in [6.07, 6.45) is 0. The summed E-state index contributed by atoms with van der Waals surface area (Å²) < 4.78 is 16.4. The molecule has 0 saturated carbocycles. The van der Waals surface area contributed by atoms with Crippen LogP contribution in [0.3, 0.4) is 0 Å². The minimum Gasteiger partial charge on any atom is -0.309 e. The lowest BCUT2D eigenvalue weighted by atomic mass is 10.1. The summed E-state index contributed by atoms with van der Waals surface area (Å²) in [6, 6.07) is 162. The number of nitrogens with zero attached hydrogens (tertiary/aromatic N) is 13. The fourth-order valence-electron chi connectivity index (χ4n) is 20.9. The van der Waals surface area contributed by atoms with E-state index in [1.807, 2.05) is 18.2 Å². The summed E-state index contributed by atoms with van der Waals surface area (Å²) >= 11 is 0. The van der Waals surface area contributed by atoms with Crippen molar-refractivity contribution in [3.63, 3.8) is 0 Å². The van der Waals surface area contributed by atoms with Gasteiger partial charge in [-0.25, -0.2) is 19.9 Å². The van der Waals surface area contributed by atoms with Crippen molar-refractivity contribution >= 4 is 153 Å². The van der Waals surface area contributed by atoms with Gasteiger partial charge in [0.25, 0.3) is 0 Å². The molecule has 9 heterocycles. The second-order valence-corrected chi connectivity index (χ2v) is 34.1. The van der Waals surface area contributed by atoms with Gasteiger partial charge in [-0.15, -0.1) is 0 Å². The lowest BCUT2D eigenvalue weighted by molar-refractivity contribution is 0.952. The average molecular weight is 1700 g/mol. The van der Waals surface area contributed by atoms with Gasteiger partial charge in [0, 0.05) is 137 Å². The molecule has 0 atom stereocenters. The van der Waals surface area contributed by atoms with Crippen molar-refractivity contribution in [2.75, 3.05) is 0 Å². The van der Waals surface area contributed by atoms with E-state index in [1.54, 1.807) is 0 Å². The predicted octanol–water partition coefficient (Wildman–Crippen LogP) is 29.8. The summed E-state index contributed by atoms with van der Waals surface area (Å²) in [5.41, 5.74) is 26.8. The Morgan fingerprint density at radius 3 is 0.526 bits per heavy atom. The van der Waals surface area contributed by atoms with E-state index in [4.69, 9.17) is 29.9 Å². The van der Waals surface area contributed by atoms with Crippen molar-refractivity contribution in [3.8, 4) is 97.0 Å². The Kier molecular flexibility index (Phi) is 17.1. The Morgan fingerprint density at radius 1 is 0.113 bits per heavy atom. The molecule has 0 fully saturated rings. The number of benzene rings is 19. The molecule has 0 radical (unpaired) electrons. The van der Waals surface area contributed by atoms with Gasteiger partial charge in [0.15, 0.2) is 29.1 Å². The van der Waals surface area contributed by atoms with Crippen LogP contribution in [0.1, 0.15) is 0 Å². The van der Waals surface area contributed by atoms with Crippen LogP contribution in [0.15, 0.2) is 455 Å². The highest BCUT2D eigenvalue weighted by Crippen LogP contribution is 2.44. The summed E-state index contributed by atoms with van der Waals surface area (Å²) in [4.78, 5) is 31.6. The largest absolute Gasteiger partial charge is 0.309 e. The standard InChI is InChI=1S/C63H39N7.C57H36N6/c1-8-28-53-45(21-1)46-22-2-9-29-54(46)67(53)42-19-15-17-40(37-42)61-64-62(66-63(65-61)70-58-33-13-5-25-49(58)50-26-6-14-34-59(50)70)41-18-16-20-43(38-41)68-57-32-12-7-27-51(57)52-39-44(35-36-60(52)68)69-55-30-10-3-23-47(55)48-24-4-11-31-56(48)69;1-2-16-37(17-3-1)55-58-56(38-18-14-20-40(34-38)61-49-27-9-4-22-43(49)44-23-5-10-28-50(44)61)60-57(59-55)39-19-15-21-41(35-39)62-53-31-13-8-26-47(53)48-36-42(32-33-54(48)62)63-51-29-11-6-24-45(51)46-25-7-12-30-52(46)63/h1-39H;1-36H. The van der Waals surface area contributed by atoms with Crippen molar-refractivity contribution in [3.05, 3.63) is 455 Å². The third-order valence-corrected chi connectivity index (χ3v) is 26.7. The number of aromatic nitrogens is 13. The highest BCUT2D eigenvalue weighted by atomic mass is 15.2. The van der Waals surface area contributed by atoms with Crippen LogP contribution in [0.25, 0.3) is 250 Å². The van der Waals surface area contributed by atoms with E-state index in [0.29, 0.717) is 35.1 Å². The predicted molar refractivity (Wildman–Crippen MR) is 547 cm³/mol. The van der Waals surface area contributed by atoms with Crippen molar-refractivity contribution < 1.29 is 0 Å². The molecule has 13 nitrogen and oxygen atoms in total. The fourth-order valence-corrected chi connectivity index (χ4v) is 20.9. The van der Waals surface area contributed by atoms with Gasteiger partial charge >= 0.3 is 0 Å². The quantitative estimate of drug-likeness (QED) is 0.120. The van der Waals surface area contributed by atoms with Crippen LogP contribution in [0.5, 0.6) is 0 Å². The molecule has 19 aromatic carbocycles. The average Bonchev–Trinajstić information content (AvgIpc) is 1.58. The Morgan fingerprint density at radius 2 is 0.286 bits per heavy atom. The highest BCUT2D eigenvalue weighted by Gasteiger charge is 2.26. The van der Waals surface area contributed by atoms with Crippen molar-refractivity contribution in [2.24, 2.45) is 0 Å². The van der Waals surface area contributed by atoms with E-state index in [9.17, 15) is 0 Å². The molecule has 0 aliphatic heterocycles. The lowest BCUT2D eigenvalue weighted by Gasteiger charge is -2.14. The van der Waals surface area contributed by atoms with Crippen molar-refractivity contribution in [1.29, 1.82) is 0 Å². The Labute approximate surface area is 761 Å². The molecule has 620 valence electrons. The number of rotatable bonds is 12. The van der Waals surface area contributed by atoms with E-state index < -0.39 is 0 Å². The molecule has 9 aromatic heterocycles. The number of hydrogen-bond acceptors (Lipinski definition) is 6. The summed E-state index contributed by atoms with van der Waals surface area (Å²) in [5.74, 6) is 3.57. The van der Waals surface area contributed by atoms with Gasteiger partial charge in [0.2, 0.25) is 5.95 Å². The van der Waals surface area contributed by atoms with E-state index in [0.717, 1.165) is 128 Å².